The van der Waals surface area contributed by atoms with Crippen LogP contribution in [0.3, 0.4) is 0 Å². The summed E-state index contributed by atoms with van der Waals surface area (Å²) < 4.78 is 24.5. The Kier molecular flexibility index (Phi) is 5.02. The van der Waals surface area contributed by atoms with E-state index < -0.39 is 7.60 Å². The van der Waals surface area contributed by atoms with Gasteiger partial charge in [0, 0.05) is 6.20 Å². The van der Waals surface area contributed by atoms with E-state index in [2.05, 4.69) is 0 Å². The molecule has 5 nitrogen and oxygen atoms in total. The third-order valence-electron chi connectivity index (χ3n) is 2.72. The van der Waals surface area contributed by atoms with Crippen molar-refractivity contribution in [3.05, 3.63) is 17.5 Å². The lowest BCUT2D eigenvalue weighted by Gasteiger charge is -2.19. The van der Waals surface area contributed by atoms with Gasteiger partial charge in [0.05, 0.1) is 24.2 Å². The van der Waals surface area contributed by atoms with Gasteiger partial charge in [-0.1, -0.05) is 13.8 Å². The molecule has 0 atom stereocenters. The molecule has 0 aliphatic carbocycles. The molecule has 0 fully saturated rings. The van der Waals surface area contributed by atoms with Crippen LogP contribution in [0.5, 0.6) is 0 Å². The first-order valence-electron chi connectivity index (χ1n) is 6.18. The first-order chi connectivity index (χ1) is 8.37. The normalized spacial score (nSPS) is 12.3. The van der Waals surface area contributed by atoms with Crippen LogP contribution in [0.15, 0.2) is 6.20 Å². The summed E-state index contributed by atoms with van der Waals surface area (Å²) in [5.41, 5.74) is 1.30. The van der Waals surface area contributed by atoms with Crippen molar-refractivity contribution >= 4 is 12.9 Å². The van der Waals surface area contributed by atoms with E-state index in [1.54, 1.807) is 27.0 Å². The molecular weight excluding hydrogens is 253 g/mol. The molecule has 18 heavy (non-hydrogen) atoms. The second-order valence-electron chi connectivity index (χ2n) is 4.35. The zero-order valence-electron chi connectivity index (χ0n) is 11.6. The Morgan fingerprint density at radius 3 is 2.22 bits per heavy atom. The summed E-state index contributed by atoms with van der Waals surface area (Å²) in [7, 11) is -3.36. The molecule has 0 saturated carbocycles. The molecule has 0 bridgehead atoms. The monoisotopic (exact) mass is 275 g/mol. The summed E-state index contributed by atoms with van der Waals surface area (Å²) >= 11 is 0. The van der Waals surface area contributed by atoms with Gasteiger partial charge >= 0.3 is 7.60 Å². The maximum Gasteiger partial charge on any atom is 0.363 e. The maximum absolute atomic E-state index is 12.8. The summed E-state index contributed by atoms with van der Waals surface area (Å²) in [6.45, 7) is 9.78. The van der Waals surface area contributed by atoms with E-state index in [1.165, 1.54) is 0 Å². The van der Waals surface area contributed by atoms with Gasteiger partial charge in [0.2, 0.25) is 0 Å². The minimum atomic E-state index is -3.36. The van der Waals surface area contributed by atoms with Gasteiger partial charge in [0.1, 0.15) is 0 Å². The van der Waals surface area contributed by atoms with Crippen LogP contribution in [0, 0.1) is 6.92 Å². The summed E-state index contributed by atoms with van der Waals surface area (Å²) in [5.74, 6) is 0.126. The largest absolute Gasteiger partial charge is 0.429 e. The fourth-order valence-corrected chi connectivity index (χ4v) is 4.04. The standard InChI is InChI=1S/C12H22NO4P/c1-6-16-18(15,17-7-2)12-10(5)13(14)8-11(12)9(3)4/h8-9,14H,6-7H2,1-5H3. The van der Waals surface area contributed by atoms with Crippen molar-refractivity contribution < 1.29 is 18.8 Å². The SMILES string of the molecule is CCOP(=O)(OCC)c1c(C(C)C)cn(O)c1C. The van der Waals surface area contributed by atoms with Crippen LogP contribution in [-0.2, 0) is 13.6 Å². The lowest BCUT2D eigenvalue weighted by atomic mass is 10.1. The molecule has 1 N–H and O–H groups in total. The fraction of sp³-hybridized carbons (Fsp3) is 0.667. The Balaban J connectivity index is 3.39. The van der Waals surface area contributed by atoms with E-state index in [9.17, 15) is 9.77 Å². The average molecular weight is 275 g/mol. The van der Waals surface area contributed by atoms with Gasteiger partial charge in [-0.05, 0) is 32.3 Å². The highest BCUT2D eigenvalue weighted by atomic mass is 31.2. The van der Waals surface area contributed by atoms with Crippen LogP contribution in [0.25, 0.3) is 0 Å². The van der Waals surface area contributed by atoms with Crippen LogP contribution in [-0.4, -0.2) is 23.2 Å². The molecule has 0 unspecified atom stereocenters. The van der Waals surface area contributed by atoms with Gasteiger partial charge in [-0.25, -0.2) is 0 Å². The molecule has 1 aromatic heterocycles. The Hall–Kier alpha value is -0.770. The molecule has 0 spiro atoms. The van der Waals surface area contributed by atoms with Crippen LogP contribution in [0.4, 0.5) is 0 Å². The molecule has 0 aliphatic rings. The van der Waals surface area contributed by atoms with Crippen molar-refractivity contribution in [3.8, 4) is 0 Å². The molecule has 1 heterocycles. The van der Waals surface area contributed by atoms with Gasteiger partial charge < -0.3 is 14.3 Å². The highest BCUT2D eigenvalue weighted by Crippen LogP contribution is 2.49. The summed E-state index contributed by atoms with van der Waals surface area (Å²) in [5, 5.41) is 10.2. The predicted octanol–water partition coefficient (Wildman–Crippen LogP) is 3.05. The molecule has 6 heteroatoms. The Labute approximate surface area is 108 Å². The number of rotatable bonds is 6. The summed E-state index contributed by atoms with van der Waals surface area (Å²) in [6, 6.07) is 0. The van der Waals surface area contributed by atoms with Crippen LogP contribution in [0.2, 0.25) is 0 Å². The topological polar surface area (TPSA) is 60.7 Å². The summed E-state index contributed by atoms with van der Waals surface area (Å²) in [4.78, 5) is 0. The third-order valence-corrected chi connectivity index (χ3v) is 5.04. The smallest absolute Gasteiger partial charge is 0.363 e. The second kappa shape index (κ2) is 5.91. The second-order valence-corrected chi connectivity index (χ2v) is 6.31. The van der Waals surface area contributed by atoms with Crippen LogP contribution < -0.4 is 5.30 Å². The Morgan fingerprint density at radius 2 is 1.83 bits per heavy atom. The number of hydrogen-bond donors (Lipinski definition) is 1. The highest BCUT2D eigenvalue weighted by Gasteiger charge is 2.34. The Bertz CT molecular complexity index is 443. The number of aromatic nitrogens is 1. The lowest BCUT2D eigenvalue weighted by molar-refractivity contribution is 0.180. The number of hydrogen-bond acceptors (Lipinski definition) is 4. The first kappa shape index (κ1) is 15.3. The molecule has 1 aromatic rings. The van der Waals surface area contributed by atoms with Gasteiger partial charge in [0.15, 0.2) is 0 Å². The third kappa shape index (κ3) is 2.79. The van der Waals surface area contributed by atoms with E-state index in [0.29, 0.717) is 24.2 Å². The van der Waals surface area contributed by atoms with Crippen molar-refractivity contribution in [2.45, 2.75) is 40.5 Å². The van der Waals surface area contributed by atoms with Gasteiger partial charge in [-0.3, -0.25) is 4.57 Å². The molecule has 104 valence electrons. The first-order valence-corrected chi connectivity index (χ1v) is 7.72. The highest BCUT2D eigenvalue weighted by molar-refractivity contribution is 7.62. The molecular formula is C12H22NO4P. The van der Waals surface area contributed by atoms with Crippen molar-refractivity contribution in [1.82, 2.24) is 4.73 Å². The van der Waals surface area contributed by atoms with E-state index in [4.69, 9.17) is 9.05 Å². The molecule has 0 saturated heterocycles. The van der Waals surface area contributed by atoms with Crippen molar-refractivity contribution in [3.63, 3.8) is 0 Å². The number of nitrogens with zero attached hydrogens (tertiary/aromatic N) is 1. The van der Waals surface area contributed by atoms with Crippen LogP contribution in [0.1, 0.15) is 44.9 Å². The Morgan fingerprint density at radius 1 is 1.33 bits per heavy atom. The quantitative estimate of drug-likeness (QED) is 0.640. The average Bonchev–Trinajstić information content (AvgIpc) is 2.57. The zero-order valence-corrected chi connectivity index (χ0v) is 12.5. The molecule has 1 rings (SSSR count). The fourth-order valence-electron chi connectivity index (χ4n) is 1.89. The van der Waals surface area contributed by atoms with Crippen molar-refractivity contribution in [1.29, 1.82) is 0 Å². The molecule has 0 aromatic carbocycles. The van der Waals surface area contributed by atoms with Gasteiger partial charge in [-0.15, -0.1) is 0 Å². The van der Waals surface area contributed by atoms with E-state index >= 15 is 0 Å². The van der Waals surface area contributed by atoms with Gasteiger partial charge in [-0.2, -0.15) is 4.73 Å². The van der Waals surface area contributed by atoms with E-state index in [1.807, 2.05) is 13.8 Å². The summed E-state index contributed by atoms with van der Waals surface area (Å²) in [6.07, 6.45) is 1.57. The lowest BCUT2D eigenvalue weighted by Crippen LogP contribution is -2.17. The molecule has 0 amide bonds. The van der Waals surface area contributed by atoms with E-state index in [-0.39, 0.29) is 5.92 Å². The molecule has 0 aliphatic heterocycles. The minimum Gasteiger partial charge on any atom is -0.429 e. The molecule has 0 radical (unpaired) electrons. The minimum absolute atomic E-state index is 0.126. The van der Waals surface area contributed by atoms with Crippen molar-refractivity contribution in [2.24, 2.45) is 0 Å². The van der Waals surface area contributed by atoms with Gasteiger partial charge in [0.25, 0.3) is 0 Å². The maximum atomic E-state index is 12.8. The van der Waals surface area contributed by atoms with Crippen molar-refractivity contribution in [2.75, 3.05) is 13.2 Å². The van der Waals surface area contributed by atoms with Crippen LogP contribution >= 0.6 is 7.60 Å². The van der Waals surface area contributed by atoms with E-state index in [0.717, 1.165) is 10.3 Å². The zero-order chi connectivity index (χ0) is 13.9. The predicted molar refractivity (Wildman–Crippen MR) is 70.9 cm³/mol.